The van der Waals surface area contributed by atoms with Crippen LogP contribution in [0.25, 0.3) is 0 Å². The Morgan fingerprint density at radius 2 is 1.95 bits per heavy atom. The molecule has 5 heteroatoms. The van der Waals surface area contributed by atoms with Crippen molar-refractivity contribution in [2.75, 3.05) is 11.9 Å². The van der Waals surface area contributed by atoms with Crippen molar-refractivity contribution in [2.45, 2.75) is 31.0 Å². The van der Waals surface area contributed by atoms with Crippen LogP contribution in [0.5, 0.6) is 0 Å². The molecule has 0 fully saturated rings. The maximum atomic E-state index is 11.6. The summed E-state index contributed by atoms with van der Waals surface area (Å²) in [5.41, 5.74) is 0.767. The normalized spacial score (nSPS) is 11.7. The third kappa shape index (κ3) is 6.38. The van der Waals surface area contributed by atoms with E-state index in [0.29, 0.717) is 6.54 Å². The van der Waals surface area contributed by atoms with Gasteiger partial charge in [-0.2, -0.15) is 0 Å². The van der Waals surface area contributed by atoms with Gasteiger partial charge in [0.2, 0.25) is 11.8 Å². The van der Waals surface area contributed by atoms with Crippen molar-refractivity contribution >= 4 is 33.4 Å². The molecule has 0 saturated carbocycles. The third-order valence-corrected chi connectivity index (χ3v) is 3.41. The summed E-state index contributed by atoms with van der Waals surface area (Å²) in [7, 11) is 0. The van der Waals surface area contributed by atoms with Crippen molar-refractivity contribution in [1.82, 2.24) is 5.32 Å². The highest BCUT2D eigenvalue weighted by Crippen LogP contribution is 2.08. The summed E-state index contributed by atoms with van der Waals surface area (Å²) in [6.45, 7) is 2.37. The largest absolute Gasteiger partial charge is 0.355 e. The highest BCUT2D eigenvalue weighted by atomic mass is 79.9. The van der Waals surface area contributed by atoms with Crippen molar-refractivity contribution in [1.29, 1.82) is 0 Å². The second-order valence-electron chi connectivity index (χ2n) is 4.21. The Kier molecular flexibility index (Phi) is 7.18. The van der Waals surface area contributed by atoms with Crippen LogP contribution < -0.4 is 10.6 Å². The number of halogens is 1. The average molecular weight is 327 g/mol. The molecule has 104 valence electrons. The van der Waals surface area contributed by atoms with Crippen LogP contribution in [-0.2, 0) is 9.59 Å². The molecule has 1 aromatic carbocycles. The molecule has 1 aromatic rings. The topological polar surface area (TPSA) is 58.2 Å². The maximum Gasteiger partial charge on any atom is 0.233 e. The number of benzene rings is 1. The van der Waals surface area contributed by atoms with E-state index < -0.39 is 0 Å². The summed E-state index contributed by atoms with van der Waals surface area (Å²) >= 11 is 3.31. The molecular formula is C14H19BrN2O2. The fraction of sp³-hybridized carbons (Fsp3) is 0.429. The summed E-state index contributed by atoms with van der Waals surface area (Å²) < 4.78 is 0. The zero-order valence-corrected chi connectivity index (χ0v) is 12.6. The lowest BCUT2D eigenvalue weighted by atomic mass is 10.2. The van der Waals surface area contributed by atoms with E-state index in [9.17, 15) is 9.59 Å². The molecule has 0 spiro atoms. The van der Waals surface area contributed by atoms with Gasteiger partial charge in [-0.05, 0) is 18.6 Å². The molecule has 19 heavy (non-hydrogen) atoms. The molecule has 4 nitrogen and oxygen atoms in total. The second kappa shape index (κ2) is 8.69. The van der Waals surface area contributed by atoms with Crippen LogP contribution in [0.1, 0.15) is 26.2 Å². The van der Waals surface area contributed by atoms with E-state index in [4.69, 9.17) is 0 Å². The predicted octanol–water partition coefficient (Wildman–Crippen LogP) is 2.70. The number of rotatable bonds is 7. The van der Waals surface area contributed by atoms with Crippen molar-refractivity contribution in [3.63, 3.8) is 0 Å². The van der Waals surface area contributed by atoms with Crippen LogP contribution in [-0.4, -0.2) is 23.2 Å². The van der Waals surface area contributed by atoms with Gasteiger partial charge >= 0.3 is 0 Å². The molecule has 0 aliphatic heterocycles. The van der Waals surface area contributed by atoms with Crippen LogP contribution in [0.15, 0.2) is 30.3 Å². The molecule has 2 amide bonds. The summed E-state index contributed by atoms with van der Waals surface area (Å²) in [4.78, 5) is 23.0. The fourth-order valence-electron chi connectivity index (χ4n) is 1.54. The Hall–Kier alpha value is -1.36. The minimum absolute atomic E-state index is 0.0608. The minimum atomic E-state index is -0.172. The zero-order chi connectivity index (χ0) is 14.1. The van der Waals surface area contributed by atoms with E-state index in [0.717, 1.165) is 18.5 Å². The Balaban J connectivity index is 2.22. The SMILES string of the molecule is CCC[C@H](Br)C(=O)NCCC(=O)Nc1ccccc1. The summed E-state index contributed by atoms with van der Waals surface area (Å²) in [5, 5.41) is 5.51. The van der Waals surface area contributed by atoms with Crippen LogP contribution in [0.4, 0.5) is 5.69 Å². The van der Waals surface area contributed by atoms with Gasteiger partial charge in [-0.3, -0.25) is 9.59 Å². The highest BCUT2D eigenvalue weighted by Gasteiger charge is 2.13. The molecule has 1 atom stereocenters. The van der Waals surface area contributed by atoms with Gasteiger partial charge in [0, 0.05) is 18.7 Å². The van der Waals surface area contributed by atoms with Crippen molar-refractivity contribution in [3.8, 4) is 0 Å². The van der Waals surface area contributed by atoms with Gasteiger partial charge in [-0.15, -0.1) is 0 Å². The van der Waals surface area contributed by atoms with Crippen LogP contribution in [0.3, 0.4) is 0 Å². The zero-order valence-electron chi connectivity index (χ0n) is 11.0. The number of hydrogen-bond acceptors (Lipinski definition) is 2. The number of carbonyl (C=O) groups excluding carboxylic acids is 2. The number of amides is 2. The molecule has 0 heterocycles. The molecule has 0 aliphatic carbocycles. The number of para-hydroxylation sites is 1. The number of alkyl halides is 1. The fourth-order valence-corrected chi connectivity index (χ4v) is 2.16. The van der Waals surface area contributed by atoms with E-state index in [1.165, 1.54) is 0 Å². The molecule has 0 aromatic heterocycles. The molecule has 0 aliphatic rings. The molecule has 2 N–H and O–H groups in total. The molecular weight excluding hydrogens is 308 g/mol. The molecule has 0 radical (unpaired) electrons. The summed E-state index contributed by atoms with van der Waals surface area (Å²) in [6, 6.07) is 9.26. The molecule has 0 unspecified atom stereocenters. The summed E-state index contributed by atoms with van der Waals surface area (Å²) in [6.07, 6.45) is 2.01. The summed E-state index contributed by atoms with van der Waals surface area (Å²) in [5.74, 6) is -0.164. The Labute approximate surface area is 122 Å². The molecule has 0 bridgehead atoms. The number of nitrogens with one attached hydrogen (secondary N) is 2. The van der Waals surface area contributed by atoms with E-state index in [2.05, 4.69) is 26.6 Å². The van der Waals surface area contributed by atoms with Crippen LogP contribution >= 0.6 is 15.9 Å². The van der Waals surface area contributed by atoms with Crippen molar-refractivity contribution in [3.05, 3.63) is 30.3 Å². The van der Waals surface area contributed by atoms with Crippen molar-refractivity contribution < 1.29 is 9.59 Å². The number of anilines is 1. The van der Waals surface area contributed by atoms with Gasteiger partial charge in [0.05, 0.1) is 4.83 Å². The average Bonchev–Trinajstić information content (AvgIpc) is 2.40. The second-order valence-corrected chi connectivity index (χ2v) is 5.32. The smallest absolute Gasteiger partial charge is 0.233 e. The molecule has 0 saturated heterocycles. The van der Waals surface area contributed by atoms with Gasteiger partial charge in [0.25, 0.3) is 0 Å². The number of carbonyl (C=O) groups is 2. The van der Waals surface area contributed by atoms with Gasteiger partial charge in [0.1, 0.15) is 0 Å². The van der Waals surface area contributed by atoms with Gasteiger partial charge in [-0.25, -0.2) is 0 Å². The van der Waals surface area contributed by atoms with E-state index >= 15 is 0 Å². The van der Waals surface area contributed by atoms with E-state index in [1.54, 1.807) is 0 Å². The van der Waals surface area contributed by atoms with Crippen LogP contribution in [0.2, 0.25) is 0 Å². The molecule has 1 rings (SSSR count). The number of hydrogen-bond donors (Lipinski definition) is 2. The van der Waals surface area contributed by atoms with Gasteiger partial charge in [-0.1, -0.05) is 47.5 Å². The van der Waals surface area contributed by atoms with E-state index in [1.807, 2.05) is 37.3 Å². The maximum absolute atomic E-state index is 11.6. The lowest BCUT2D eigenvalue weighted by Crippen LogP contribution is -2.33. The predicted molar refractivity (Wildman–Crippen MR) is 80.3 cm³/mol. The standard InChI is InChI=1S/C14H19BrN2O2/c1-2-6-12(15)14(19)16-10-9-13(18)17-11-7-4-3-5-8-11/h3-5,7-8,12H,2,6,9-10H2,1H3,(H,16,19)(H,17,18)/t12-/m0/s1. The Morgan fingerprint density at radius 3 is 2.58 bits per heavy atom. The third-order valence-electron chi connectivity index (χ3n) is 2.54. The lowest BCUT2D eigenvalue weighted by molar-refractivity contribution is -0.120. The Bertz CT molecular complexity index is 409. The highest BCUT2D eigenvalue weighted by molar-refractivity contribution is 9.10. The lowest BCUT2D eigenvalue weighted by Gasteiger charge is -2.10. The first-order chi connectivity index (χ1) is 9.13. The quantitative estimate of drug-likeness (QED) is 0.757. The monoisotopic (exact) mass is 326 g/mol. The van der Waals surface area contributed by atoms with E-state index in [-0.39, 0.29) is 23.1 Å². The first-order valence-electron chi connectivity index (χ1n) is 6.40. The first kappa shape index (κ1) is 15.7. The Morgan fingerprint density at radius 1 is 1.26 bits per heavy atom. The van der Waals surface area contributed by atoms with Crippen molar-refractivity contribution in [2.24, 2.45) is 0 Å². The van der Waals surface area contributed by atoms with Crippen LogP contribution in [0, 0.1) is 0 Å². The minimum Gasteiger partial charge on any atom is -0.355 e. The van der Waals surface area contributed by atoms with Gasteiger partial charge < -0.3 is 10.6 Å². The van der Waals surface area contributed by atoms with Gasteiger partial charge in [0.15, 0.2) is 0 Å². The first-order valence-corrected chi connectivity index (χ1v) is 7.31.